The van der Waals surface area contributed by atoms with Gasteiger partial charge in [0.1, 0.15) is 18.2 Å². The van der Waals surface area contributed by atoms with Crippen molar-refractivity contribution in [2.24, 2.45) is 0 Å². The van der Waals surface area contributed by atoms with Crippen LogP contribution in [0.15, 0.2) is 36.4 Å². The predicted molar refractivity (Wildman–Crippen MR) is 85.4 cm³/mol. The third-order valence-electron chi connectivity index (χ3n) is 3.43. The highest BCUT2D eigenvalue weighted by molar-refractivity contribution is 5.90. The van der Waals surface area contributed by atoms with Gasteiger partial charge >= 0.3 is 6.03 Å². The van der Waals surface area contributed by atoms with Crippen molar-refractivity contribution in [3.8, 4) is 5.75 Å². The van der Waals surface area contributed by atoms with Crippen LogP contribution in [0.25, 0.3) is 0 Å². The number of hydroxylamine groups is 1. The van der Waals surface area contributed by atoms with Gasteiger partial charge in [-0.15, -0.1) is 0 Å². The molecule has 0 spiro atoms. The number of hydrogen-bond donors (Lipinski definition) is 2. The highest BCUT2D eigenvalue weighted by Crippen LogP contribution is 2.26. The first-order valence-corrected chi connectivity index (χ1v) is 7.12. The average molecular weight is 318 g/mol. The minimum absolute atomic E-state index is 0.0362. The first-order chi connectivity index (χ1) is 10.9. The van der Waals surface area contributed by atoms with Crippen LogP contribution in [0.4, 0.5) is 14.9 Å². The van der Waals surface area contributed by atoms with Gasteiger partial charge in [-0.25, -0.2) is 9.18 Å². The SMILES string of the molecule is CNC(=O)N(O)c1cccc(F)c1COc1ccc(C)cc1C. The van der Waals surface area contributed by atoms with E-state index >= 15 is 0 Å². The molecule has 0 unspecified atom stereocenters. The molecule has 0 atom stereocenters. The lowest BCUT2D eigenvalue weighted by Crippen LogP contribution is -2.36. The molecule has 2 aromatic carbocycles. The van der Waals surface area contributed by atoms with Crippen molar-refractivity contribution in [3.05, 3.63) is 58.9 Å². The van der Waals surface area contributed by atoms with E-state index in [1.807, 2.05) is 26.0 Å². The van der Waals surface area contributed by atoms with Crippen LogP contribution in [0, 0.1) is 19.7 Å². The Kier molecular flexibility index (Phi) is 5.18. The Labute approximate surface area is 134 Å². The van der Waals surface area contributed by atoms with Crippen LogP contribution in [0.5, 0.6) is 5.75 Å². The number of carbonyl (C=O) groups is 1. The molecule has 122 valence electrons. The van der Waals surface area contributed by atoms with Crippen molar-refractivity contribution < 1.29 is 19.1 Å². The Hall–Kier alpha value is -2.60. The maximum atomic E-state index is 14.1. The van der Waals surface area contributed by atoms with Gasteiger partial charge in [-0.2, -0.15) is 5.06 Å². The number of rotatable bonds is 4. The lowest BCUT2D eigenvalue weighted by Gasteiger charge is -2.19. The molecule has 2 aromatic rings. The summed E-state index contributed by atoms with van der Waals surface area (Å²) in [5.74, 6) is 0.0597. The van der Waals surface area contributed by atoms with Gasteiger partial charge in [0.05, 0.1) is 11.3 Å². The van der Waals surface area contributed by atoms with Crippen molar-refractivity contribution in [3.63, 3.8) is 0 Å². The highest BCUT2D eigenvalue weighted by atomic mass is 19.1. The Morgan fingerprint density at radius 3 is 2.70 bits per heavy atom. The van der Waals surface area contributed by atoms with Gasteiger partial charge < -0.3 is 10.1 Å². The number of nitrogens with one attached hydrogen (secondary N) is 1. The van der Waals surface area contributed by atoms with Crippen molar-refractivity contribution in [1.82, 2.24) is 5.32 Å². The molecular formula is C17H19FN2O3. The van der Waals surface area contributed by atoms with Gasteiger partial charge in [0, 0.05) is 7.05 Å². The summed E-state index contributed by atoms with van der Waals surface area (Å²) in [5, 5.41) is 12.5. The van der Waals surface area contributed by atoms with Gasteiger partial charge in [0.15, 0.2) is 0 Å². The molecule has 23 heavy (non-hydrogen) atoms. The fourth-order valence-electron chi connectivity index (χ4n) is 2.22. The summed E-state index contributed by atoms with van der Waals surface area (Å²) in [4.78, 5) is 11.5. The van der Waals surface area contributed by atoms with Crippen LogP contribution in [0.2, 0.25) is 0 Å². The van der Waals surface area contributed by atoms with Gasteiger partial charge in [0.25, 0.3) is 0 Å². The maximum absolute atomic E-state index is 14.1. The molecular weight excluding hydrogens is 299 g/mol. The summed E-state index contributed by atoms with van der Waals surface area (Å²) in [6.07, 6.45) is 0. The highest BCUT2D eigenvalue weighted by Gasteiger charge is 2.19. The minimum atomic E-state index is -0.761. The third-order valence-corrected chi connectivity index (χ3v) is 3.43. The van der Waals surface area contributed by atoms with Gasteiger partial charge in [-0.1, -0.05) is 23.8 Å². The lowest BCUT2D eigenvalue weighted by atomic mass is 10.1. The van der Waals surface area contributed by atoms with E-state index in [0.717, 1.165) is 11.1 Å². The molecule has 0 saturated heterocycles. The number of carbonyl (C=O) groups excluding carboxylic acids is 1. The number of ether oxygens (including phenoxy) is 1. The van der Waals surface area contributed by atoms with Crippen LogP contribution >= 0.6 is 0 Å². The molecule has 0 saturated carbocycles. The van der Waals surface area contributed by atoms with Gasteiger partial charge in [-0.3, -0.25) is 5.21 Å². The molecule has 0 aliphatic heterocycles. The van der Waals surface area contributed by atoms with E-state index in [9.17, 15) is 14.4 Å². The normalized spacial score (nSPS) is 10.3. The number of anilines is 1. The molecule has 0 fully saturated rings. The molecule has 0 bridgehead atoms. The molecule has 2 rings (SSSR count). The molecule has 0 heterocycles. The fourth-order valence-corrected chi connectivity index (χ4v) is 2.22. The smallest absolute Gasteiger partial charge is 0.345 e. The molecule has 0 aliphatic rings. The first-order valence-electron chi connectivity index (χ1n) is 7.12. The second-order valence-corrected chi connectivity index (χ2v) is 5.16. The van der Waals surface area contributed by atoms with Gasteiger partial charge in [-0.05, 0) is 37.6 Å². The number of benzene rings is 2. The van der Waals surface area contributed by atoms with Crippen molar-refractivity contribution in [2.75, 3.05) is 12.1 Å². The average Bonchev–Trinajstić information content (AvgIpc) is 2.53. The van der Waals surface area contributed by atoms with Crippen LogP contribution in [-0.4, -0.2) is 18.3 Å². The van der Waals surface area contributed by atoms with Crippen molar-refractivity contribution >= 4 is 11.7 Å². The zero-order valence-corrected chi connectivity index (χ0v) is 13.3. The Bertz CT molecular complexity index is 719. The zero-order valence-electron chi connectivity index (χ0n) is 13.3. The fraction of sp³-hybridized carbons (Fsp3) is 0.235. The molecule has 0 radical (unpaired) electrons. The third kappa shape index (κ3) is 3.78. The number of urea groups is 1. The number of amides is 2. The van der Waals surface area contributed by atoms with E-state index in [1.54, 1.807) is 6.07 Å². The Balaban J connectivity index is 2.27. The van der Waals surface area contributed by atoms with E-state index in [-0.39, 0.29) is 17.9 Å². The summed E-state index contributed by atoms with van der Waals surface area (Å²) in [7, 11) is 1.37. The van der Waals surface area contributed by atoms with E-state index in [4.69, 9.17) is 4.74 Å². The van der Waals surface area contributed by atoms with E-state index < -0.39 is 11.8 Å². The monoisotopic (exact) mass is 318 g/mol. The van der Waals surface area contributed by atoms with E-state index in [1.165, 1.54) is 25.2 Å². The number of nitrogens with zero attached hydrogens (tertiary/aromatic N) is 1. The second kappa shape index (κ2) is 7.11. The predicted octanol–water partition coefficient (Wildman–Crippen LogP) is 3.56. The molecule has 5 nitrogen and oxygen atoms in total. The van der Waals surface area contributed by atoms with Crippen LogP contribution < -0.4 is 15.1 Å². The lowest BCUT2D eigenvalue weighted by molar-refractivity contribution is 0.205. The van der Waals surface area contributed by atoms with Crippen molar-refractivity contribution in [1.29, 1.82) is 0 Å². The molecule has 6 heteroatoms. The van der Waals surface area contributed by atoms with Gasteiger partial charge in [0.2, 0.25) is 0 Å². The first kappa shape index (κ1) is 16.8. The van der Waals surface area contributed by atoms with Crippen LogP contribution in [-0.2, 0) is 6.61 Å². The Morgan fingerprint density at radius 2 is 2.04 bits per heavy atom. The van der Waals surface area contributed by atoms with E-state index in [2.05, 4.69) is 5.32 Å². The van der Waals surface area contributed by atoms with Crippen LogP contribution in [0.1, 0.15) is 16.7 Å². The largest absolute Gasteiger partial charge is 0.488 e. The van der Waals surface area contributed by atoms with E-state index in [0.29, 0.717) is 10.8 Å². The summed E-state index contributed by atoms with van der Waals surface area (Å²) >= 11 is 0. The summed E-state index contributed by atoms with van der Waals surface area (Å²) in [6, 6.07) is 9.01. The molecule has 2 amide bonds. The topological polar surface area (TPSA) is 61.8 Å². The minimum Gasteiger partial charge on any atom is -0.488 e. The van der Waals surface area contributed by atoms with Crippen LogP contribution in [0.3, 0.4) is 0 Å². The zero-order chi connectivity index (χ0) is 17.0. The van der Waals surface area contributed by atoms with Crippen molar-refractivity contribution in [2.45, 2.75) is 20.5 Å². The standard InChI is InChI=1S/C17H19FN2O3/c1-11-7-8-16(12(2)9-11)23-10-13-14(18)5-4-6-15(13)20(22)17(21)19-3/h4-9,22H,10H2,1-3H3,(H,19,21). The number of hydrogen-bond acceptors (Lipinski definition) is 3. The maximum Gasteiger partial charge on any atom is 0.345 e. The molecule has 2 N–H and O–H groups in total. The quantitative estimate of drug-likeness (QED) is 0.669. The molecule has 0 aliphatic carbocycles. The summed E-state index contributed by atoms with van der Waals surface area (Å²) in [6.45, 7) is 3.76. The second-order valence-electron chi connectivity index (χ2n) is 5.16. The Morgan fingerprint density at radius 1 is 1.30 bits per heavy atom. The summed E-state index contributed by atoms with van der Waals surface area (Å²) < 4.78 is 19.7. The number of aryl methyl sites for hydroxylation is 2. The summed E-state index contributed by atoms with van der Waals surface area (Å²) in [5.41, 5.74) is 2.16. The number of halogens is 1. The molecule has 0 aromatic heterocycles.